The van der Waals surface area contributed by atoms with Crippen LogP contribution in [0.3, 0.4) is 0 Å². The van der Waals surface area contributed by atoms with Crippen LogP contribution in [0.2, 0.25) is 0 Å². The number of aromatic nitrogens is 2. The highest BCUT2D eigenvalue weighted by atomic mass is 32.1. The smallest absolute Gasteiger partial charge is 0.0708 e. The van der Waals surface area contributed by atoms with Gasteiger partial charge in [-0.15, -0.1) is 11.3 Å². The summed E-state index contributed by atoms with van der Waals surface area (Å²) in [5.41, 5.74) is 5.97. The van der Waals surface area contributed by atoms with Crippen LogP contribution in [0.5, 0.6) is 0 Å². The van der Waals surface area contributed by atoms with E-state index in [1.54, 1.807) is 0 Å². The molecule has 0 saturated heterocycles. The van der Waals surface area contributed by atoms with E-state index in [0.29, 0.717) is 5.92 Å². The van der Waals surface area contributed by atoms with Gasteiger partial charge < -0.3 is 0 Å². The molecular weight excluding hydrogens is 420 g/mol. The van der Waals surface area contributed by atoms with Crippen LogP contribution in [-0.4, -0.2) is 9.97 Å². The zero-order valence-electron chi connectivity index (χ0n) is 20.0. The van der Waals surface area contributed by atoms with Gasteiger partial charge in [-0.25, -0.2) is 0 Å². The molecule has 5 rings (SSSR count). The molecule has 166 valence electrons. The molecule has 33 heavy (non-hydrogen) atoms. The second kappa shape index (κ2) is 8.39. The largest absolute Gasteiger partial charge is 0.261 e. The highest BCUT2D eigenvalue weighted by Gasteiger charge is 2.19. The molecule has 0 fully saturated rings. The fourth-order valence-electron chi connectivity index (χ4n) is 4.47. The van der Waals surface area contributed by atoms with Gasteiger partial charge in [0.1, 0.15) is 0 Å². The number of nitrogens with zero attached hydrogens (tertiary/aromatic N) is 2. The number of hydrogen-bond donors (Lipinski definition) is 0. The Balaban J connectivity index is 1.58. The summed E-state index contributed by atoms with van der Waals surface area (Å²) in [4.78, 5) is 10.7. The lowest BCUT2D eigenvalue weighted by atomic mass is 9.82. The predicted octanol–water partition coefficient (Wildman–Crippen LogP) is 8.67. The minimum atomic E-state index is 0.0550. The molecule has 2 nitrogen and oxygen atoms in total. The summed E-state index contributed by atoms with van der Waals surface area (Å²) in [5, 5.41) is 3.79. The van der Waals surface area contributed by atoms with E-state index in [1.807, 2.05) is 23.7 Å². The maximum Gasteiger partial charge on any atom is 0.0708 e. The number of fused-ring (bicyclic) bond motifs is 2. The first-order valence-electron chi connectivity index (χ1n) is 11.7. The van der Waals surface area contributed by atoms with Crippen LogP contribution in [0, 0.1) is 5.92 Å². The van der Waals surface area contributed by atoms with E-state index in [9.17, 15) is 0 Å². The van der Waals surface area contributed by atoms with E-state index in [4.69, 9.17) is 4.98 Å². The third-order valence-corrected chi connectivity index (χ3v) is 7.23. The van der Waals surface area contributed by atoms with Crippen LogP contribution in [0.25, 0.3) is 42.6 Å². The van der Waals surface area contributed by atoms with E-state index >= 15 is 0 Å². The van der Waals surface area contributed by atoms with Crippen molar-refractivity contribution in [2.45, 2.75) is 46.5 Å². The van der Waals surface area contributed by atoms with Gasteiger partial charge in [-0.3, -0.25) is 9.97 Å². The van der Waals surface area contributed by atoms with Crippen molar-refractivity contribution < 1.29 is 0 Å². The third kappa shape index (κ3) is 4.43. The summed E-state index contributed by atoms with van der Waals surface area (Å²) >= 11 is 1.84. The Morgan fingerprint density at radius 1 is 0.848 bits per heavy atom. The van der Waals surface area contributed by atoms with E-state index in [2.05, 4.69) is 100 Å². The lowest BCUT2D eigenvalue weighted by Crippen LogP contribution is -2.12. The normalized spacial score (nSPS) is 12.2. The first kappa shape index (κ1) is 21.8. The second-order valence-electron chi connectivity index (χ2n) is 10.3. The van der Waals surface area contributed by atoms with Crippen LogP contribution >= 0.6 is 11.3 Å². The number of hydrogen-bond acceptors (Lipinski definition) is 3. The van der Waals surface area contributed by atoms with Gasteiger partial charge in [-0.05, 0) is 76.1 Å². The summed E-state index contributed by atoms with van der Waals surface area (Å²) in [6.07, 6.45) is 4.97. The standard InChI is InChI=1S/C30H30N2S/c1-19(2)12-24-17-29-23(18-32-24)16-28(33-29)21-10-11-31-27(15-21)22-13-20-8-6-7-9-25(20)26(14-22)30(3,4)5/h6-11,13-19H,12H2,1-5H3. The topological polar surface area (TPSA) is 25.8 Å². The number of benzene rings is 2. The Labute approximate surface area is 200 Å². The predicted molar refractivity (Wildman–Crippen MR) is 143 cm³/mol. The van der Waals surface area contributed by atoms with Crippen molar-refractivity contribution in [2.24, 2.45) is 5.92 Å². The average molecular weight is 451 g/mol. The van der Waals surface area contributed by atoms with Crippen molar-refractivity contribution in [1.82, 2.24) is 9.97 Å². The quantitative estimate of drug-likeness (QED) is 0.274. The van der Waals surface area contributed by atoms with E-state index in [0.717, 1.165) is 12.1 Å². The molecule has 0 bridgehead atoms. The Morgan fingerprint density at radius 2 is 1.67 bits per heavy atom. The molecule has 2 aromatic carbocycles. The Hall–Kier alpha value is -3.04. The molecule has 0 saturated carbocycles. The molecule has 0 radical (unpaired) electrons. The fourth-order valence-corrected chi connectivity index (χ4v) is 5.56. The van der Waals surface area contributed by atoms with E-state index < -0.39 is 0 Å². The lowest BCUT2D eigenvalue weighted by Gasteiger charge is -2.22. The van der Waals surface area contributed by atoms with Crippen LogP contribution in [0.4, 0.5) is 0 Å². The van der Waals surface area contributed by atoms with Gasteiger partial charge >= 0.3 is 0 Å². The number of thiophene rings is 1. The van der Waals surface area contributed by atoms with Crippen LogP contribution in [0.1, 0.15) is 45.9 Å². The zero-order valence-corrected chi connectivity index (χ0v) is 20.8. The van der Waals surface area contributed by atoms with Crippen LogP contribution in [-0.2, 0) is 11.8 Å². The molecule has 3 heterocycles. The number of rotatable bonds is 4. The molecule has 0 N–H and O–H groups in total. The van der Waals surface area contributed by atoms with Gasteiger partial charge in [0.05, 0.1) is 5.69 Å². The molecule has 0 amide bonds. The molecule has 0 aliphatic rings. The highest BCUT2D eigenvalue weighted by molar-refractivity contribution is 7.22. The average Bonchev–Trinajstić information content (AvgIpc) is 3.21. The van der Waals surface area contributed by atoms with Gasteiger partial charge in [0.25, 0.3) is 0 Å². The van der Waals surface area contributed by atoms with E-state index in [-0.39, 0.29) is 5.41 Å². The van der Waals surface area contributed by atoms with Gasteiger partial charge in [0, 0.05) is 38.6 Å². The molecule has 3 aromatic heterocycles. The Kier molecular flexibility index (Phi) is 5.54. The van der Waals surface area contributed by atoms with Crippen molar-refractivity contribution in [3.05, 3.63) is 84.3 Å². The van der Waals surface area contributed by atoms with Gasteiger partial charge in [-0.1, -0.05) is 58.9 Å². The Morgan fingerprint density at radius 3 is 2.45 bits per heavy atom. The molecule has 5 aromatic rings. The van der Waals surface area contributed by atoms with Crippen molar-refractivity contribution in [3.63, 3.8) is 0 Å². The van der Waals surface area contributed by atoms with Crippen LogP contribution in [0.15, 0.2) is 73.1 Å². The summed E-state index contributed by atoms with van der Waals surface area (Å²) in [7, 11) is 0. The molecule has 0 aliphatic carbocycles. The zero-order chi connectivity index (χ0) is 23.2. The monoisotopic (exact) mass is 450 g/mol. The van der Waals surface area contributed by atoms with Gasteiger partial charge in [0.2, 0.25) is 0 Å². The van der Waals surface area contributed by atoms with Crippen molar-refractivity contribution in [3.8, 4) is 21.7 Å². The number of pyridine rings is 2. The fraction of sp³-hybridized carbons (Fsp3) is 0.267. The summed E-state index contributed by atoms with van der Waals surface area (Å²) in [5.74, 6) is 0.608. The minimum absolute atomic E-state index is 0.0550. The molecule has 0 atom stereocenters. The molecule has 0 aliphatic heterocycles. The Bertz CT molecular complexity index is 1450. The minimum Gasteiger partial charge on any atom is -0.261 e. The third-order valence-electron chi connectivity index (χ3n) is 6.09. The highest BCUT2D eigenvalue weighted by Crippen LogP contribution is 2.37. The second-order valence-corrected chi connectivity index (χ2v) is 11.4. The maximum atomic E-state index is 4.76. The first-order chi connectivity index (χ1) is 15.8. The summed E-state index contributed by atoms with van der Waals surface area (Å²) in [6.45, 7) is 11.3. The summed E-state index contributed by atoms with van der Waals surface area (Å²) < 4.78 is 1.30. The van der Waals surface area contributed by atoms with Crippen molar-refractivity contribution in [1.29, 1.82) is 0 Å². The van der Waals surface area contributed by atoms with Crippen LogP contribution < -0.4 is 0 Å². The van der Waals surface area contributed by atoms with Gasteiger partial charge in [-0.2, -0.15) is 0 Å². The maximum absolute atomic E-state index is 4.76. The van der Waals surface area contributed by atoms with Crippen molar-refractivity contribution in [2.75, 3.05) is 0 Å². The molecule has 0 unspecified atom stereocenters. The van der Waals surface area contributed by atoms with Gasteiger partial charge in [0.15, 0.2) is 0 Å². The molecular formula is C30H30N2S. The SMILES string of the molecule is CC(C)Cc1cc2sc(-c3ccnc(-c4cc(C(C)(C)C)c5ccccc5c4)c3)cc2cn1. The van der Waals surface area contributed by atoms with E-state index in [1.165, 1.54) is 48.1 Å². The van der Waals surface area contributed by atoms with Crippen molar-refractivity contribution >= 4 is 32.2 Å². The summed E-state index contributed by atoms with van der Waals surface area (Å²) in [6, 6.07) is 22.1. The first-order valence-corrected chi connectivity index (χ1v) is 12.5. The lowest BCUT2D eigenvalue weighted by molar-refractivity contribution is 0.596. The molecule has 3 heteroatoms. The molecule has 0 spiro atoms.